The molecule has 9 heteroatoms. The topological polar surface area (TPSA) is 150 Å². The fraction of sp³-hybridized carbons (Fsp3) is 0.458. The molecule has 4 N–H and O–H groups in total. The molecule has 2 aliphatic carbocycles. The monoisotopic (exact) mass is 445 g/mol. The first kappa shape index (κ1) is 22.5. The van der Waals surface area contributed by atoms with Crippen LogP contribution in [0.3, 0.4) is 0 Å². The van der Waals surface area contributed by atoms with Gasteiger partial charge in [-0.15, -0.1) is 0 Å². The second-order valence-electron chi connectivity index (χ2n) is 8.99. The van der Waals surface area contributed by atoms with Gasteiger partial charge >= 0.3 is 0 Å². The van der Waals surface area contributed by atoms with E-state index in [1.165, 1.54) is 0 Å². The molecule has 1 heterocycles. The number of nitriles is 2. The number of amides is 2. The van der Waals surface area contributed by atoms with Gasteiger partial charge in [-0.25, -0.2) is 0 Å². The minimum Gasteiger partial charge on any atom is -0.365 e. The van der Waals surface area contributed by atoms with E-state index >= 15 is 0 Å². The molecule has 2 saturated carbocycles. The lowest BCUT2D eigenvalue weighted by molar-refractivity contribution is -0.117. The van der Waals surface area contributed by atoms with E-state index in [0.717, 1.165) is 31.2 Å². The van der Waals surface area contributed by atoms with Gasteiger partial charge in [0.25, 0.3) is 5.91 Å². The molecule has 0 saturated heterocycles. The molecule has 0 aliphatic heterocycles. The number of hydrogen-bond donors (Lipinski definition) is 3. The summed E-state index contributed by atoms with van der Waals surface area (Å²) in [4.78, 5) is 24.2. The van der Waals surface area contributed by atoms with Crippen molar-refractivity contribution >= 4 is 17.6 Å². The van der Waals surface area contributed by atoms with Crippen LogP contribution < -0.4 is 16.4 Å². The van der Waals surface area contributed by atoms with Crippen molar-refractivity contribution in [2.45, 2.75) is 63.1 Å². The predicted molar refractivity (Wildman–Crippen MR) is 121 cm³/mol. The number of carbonyl (C=O) groups is 2. The fourth-order valence-electron chi connectivity index (χ4n) is 4.41. The predicted octanol–water partition coefficient (Wildman–Crippen LogP) is 2.54. The van der Waals surface area contributed by atoms with E-state index in [2.05, 4.69) is 27.9 Å². The van der Waals surface area contributed by atoms with Crippen molar-refractivity contribution < 1.29 is 9.59 Å². The zero-order valence-electron chi connectivity index (χ0n) is 18.4. The van der Waals surface area contributed by atoms with Gasteiger partial charge in [0.05, 0.1) is 29.7 Å². The summed E-state index contributed by atoms with van der Waals surface area (Å²) in [5.41, 5.74) is 6.91. The quantitative estimate of drug-likeness (QED) is 0.568. The number of rotatable bonds is 8. The van der Waals surface area contributed by atoms with E-state index in [1.54, 1.807) is 10.9 Å². The van der Waals surface area contributed by atoms with Crippen LogP contribution in [0.4, 0.5) is 5.82 Å². The highest BCUT2D eigenvalue weighted by atomic mass is 16.2. The fourth-order valence-corrected chi connectivity index (χ4v) is 4.41. The van der Waals surface area contributed by atoms with Gasteiger partial charge in [0, 0.05) is 24.7 Å². The molecule has 4 rings (SSSR count). The SMILES string of the molecule is N#CCC1(n2cc(C(N)=O)c(NC(=O)C3CC3)n2)CCC(NCc2ccc(C#N)cc2)CC1. The largest absolute Gasteiger partial charge is 0.365 e. The second-order valence-corrected chi connectivity index (χ2v) is 8.99. The Bertz CT molecular complexity index is 1110. The molecule has 0 bridgehead atoms. The highest BCUT2D eigenvalue weighted by molar-refractivity contribution is 6.02. The average Bonchev–Trinajstić information content (AvgIpc) is 3.59. The first-order chi connectivity index (χ1) is 15.9. The number of primary amides is 1. The third-order valence-corrected chi connectivity index (χ3v) is 6.66. The molecule has 33 heavy (non-hydrogen) atoms. The number of hydrogen-bond acceptors (Lipinski definition) is 6. The van der Waals surface area contributed by atoms with Crippen molar-refractivity contribution in [2.24, 2.45) is 11.7 Å². The van der Waals surface area contributed by atoms with Gasteiger partial charge in [0.1, 0.15) is 5.56 Å². The molecule has 2 fully saturated rings. The van der Waals surface area contributed by atoms with E-state index in [4.69, 9.17) is 11.0 Å². The molecule has 0 atom stereocenters. The average molecular weight is 446 g/mol. The molecule has 1 aromatic heterocycles. The lowest BCUT2D eigenvalue weighted by Crippen LogP contribution is -2.43. The van der Waals surface area contributed by atoms with Crippen molar-refractivity contribution in [3.63, 3.8) is 0 Å². The molecule has 2 aliphatic rings. The van der Waals surface area contributed by atoms with Crippen LogP contribution in [0, 0.1) is 28.6 Å². The molecule has 2 amide bonds. The summed E-state index contributed by atoms with van der Waals surface area (Å²) >= 11 is 0. The van der Waals surface area contributed by atoms with Crippen LogP contribution in [-0.2, 0) is 16.9 Å². The van der Waals surface area contributed by atoms with Gasteiger partial charge < -0.3 is 16.4 Å². The molecule has 9 nitrogen and oxygen atoms in total. The Labute approximate surface area is 192 Å². The number of aromatic nitrogens is 2. The zero-order valence-corrected chi connectivity index (χ0v) is 18.4. The van der Waals surface area contributed by atoms with E-state index in [9.17, 15) is 14.9 Å². The number of nitrogens with two attached hydrogens (primary N) is 1. The van der Waals surface area contributed by atoms with Crippen molar-refractivity contribution in [2.75, 3.05) is 5.32 Å². The van der Waals surface area contributed by atoms with E-state index in [-0.39, 0.29) is 35.7 Å². The van der Waals surface area contributed by atoms with E-state index in [0.29, 0.717) is 24.9 Å². The first-order valence-electron chi connectivity index (χ1n) is 11.2. The summed E-state index contributed by atoms with van der Waals surface area (Å²) in [6.45, 7) is 0.701. The Morgan fingerprint density at radius 1 is 1.15 bits per heavy atom. The van der Waals surface area contributed by atoms with Gasteiger partial charge in [-0.1, -0.05) is 12.1 Å². The maximum Gasteiger partial charge on any atom is 0.254 e. The second kappa shape index (κ2) is 9.43. The standard InChI is InChI=1S/C24H27N7O2/c25-12-11-24(31-15-20(21(27)32)22(30-31)29-23(33)18-5-6-18)9-7-19(8-10-24)28-14-17-3-1-16(13-26)2-4-17/h1-4,15,18-19,28H,5-11,14H2,(H2,27,32)(H,29,30,33). The van der Waals surface area contributed by atoms with Gasteiger partial charge in [-0.05, 0) is 56.2 Å². The molecular formula is C24H27N7O2. The first-order valence-corrected chi connectivity index (χ1v) is 11.2. The van der Waals surface area contributed by atoms with Crippen molar-refractivity contribution in [3.05, 3.63) is 47.2 Å². The Morgan fingerprint density at radius 2 is 1.85 bits per heavy atom. The number of benzene rings is 1. The third-order valence-electron chi connectivity index (χ3n) is 6.66. The van der Waals surface area contributed by atoms with Crippen LogP contribution in [0.5, 0.6) is 0 Å². The molecule has 170 valence electrons. The Morgan fingerprint density at radius 3 is 2.42 bits per heavy atom. The van der Waals surface area contributed by atoms with E-state index < -0.39 is 11.4 Å². The summed E-state index contributed by atoms with van der Waals surface area (Å²) in [6.07, 6.45) is 6.61. The van der Waals surface area contributed by atoms with Crippen molar-refractivity contribution in [1.82, 2.24) is 15.1 Å². The summed E-state index contributed by atoms with van der Waals surface area (Å²) in [5, 5.41) is 29.3. The number of nitrogens with one attached hydrogen (secondary N) is 2. The molecule has 2 aromatic rings. The minimum atomic E-state index is -0.655. The Balaban J connectivity index is 1.44. The molecule has 1 aromatic carbocycles. The number of carbonyl (C=O) groups excluding carboxylic acids is 2. The number of anilines is 1. The number of nitrogens with zero attached hydrogens (tertiary/aromatic N) is 4. The van der Waals surface area contributed by atoms with Gasteiger partial charge in [-0.2, -0.15) is 15.6 Å². The lowest BCUT2D eigenvalue weighted by Gasteiger charge is -2.39. The van der Waals surface area contributed by atoms with E-state index in [1.807, 2.05) is 24.3 Å². The molecule has 0 radical (unpaired) electrons. The summed E-state index contributed by atoms with van der Waals surface area (Å²) < 4.78 is 1.68. The molecular weight excluding hydrogens is 418 g/mol. The van der Waals surface area contributed by atoms with Gasteiger partial charge in [0.2, 0.25) is 5.91 Å². The smallest absolute Gasteiger partial charge is 0.254 e. The molecule has 0 unspecified atom stereocenters. The van der Waals surface area contributed by atoms with Crippen LogP contribution in [0.15, 0.2) is 30.5 Å². The van der Waals surface area contributed by atoms with Crippen LogP contribution in [0.25, 0.3) is 0 Å². The highest BCUT2D eigenvalue weighted by Crippen LogP contribution is 2.39. The normalized spacial score (nSPS) is 22.2. The van der Waals surface area contributed by atoms with Crippen molar-refractivity contribution in [1.29, 1.82) is 10.5 Å². The zero-order chi connectivity index (χ0) is 23.4. The highest BCUT2D eigenvalue weighted by Gasteiger charge is 2.39. The van der Waals surface area contributed by atoms with Crippen LogP contribution in [-0.4, -0.2) is 27.6 Å². The molecule has 0 spiro atoms. The summed E-state index contributed by atoms with van der Waals surface area (Å²) in [7, 11) is 0. The third kappa shape index (κ3) is 5.05. The maximum atomic E-state index is 12.2. The summed E-state index contributed by atoms with van der Waals surface area (Å²) in [5.74, 6) is -0.649. The maximum absolute atomic E-state index is 12.2. The Hall–Kier alpha value is -3.69. The van der Waals surface area contributed by atoms with Crippen LogP contribution >= 0.6 is 0 Å². The van der Waals surface area contributed by atoms with Crippen molar-refractivity contribution in [3.8, 4) is 12.1 Å². The van der Waals surface area contributed by atoms with Gasteiger partial charge in [-0.3, -0.25) is 14.3 Å². The van der Waals surface area contributed by atoms with Crippen LogP contribution in [0.2, 0.25) is 0 Å². The van der Waals surface area contributed by atoms with Gasteiger partial charge in [0.15, 0.2) is 5.82 Å². The van der Waals surface area contributed by atoms with Crippen LogP contribution in [0.1, 0.15) is 66.4 Å². The summed E-state index contributed by atoms with van der Waals surface area (Å²) in [6, 6.07) is 12.2. The lowest BCUT2D eigenvalue weighted by atomic mass is 9.77. The Kier molecular flexibility index (Phi) is 6.43. The minimum absolute atomic E-state index is 0.0263.